The average Bonchev–Trinajstić information content (AvgIpc) is 2.66. The summed E-state index contributed by atoms with van der Waals surface area (Å²) >= 11 is 0. The van der Waals surface area contributed by atoms with E-state index >= 15 is 0 Å². The van der Waals surface area contributed by atoms with Gasteiger partial charge in [-0.3, -0.25) is 0 Å². The van der Waals surface area contributed by atoms with E-state index in [2.05, 4.69) is 31.0 Å². The standard InChI is InChI=1S/C17H36N2/c1-4-12-18-16(3)9-6-7-13-19-14-8-10-17(5-2)11-15-19/h16-18H,4-15H2,1-3H3. The van der Waals surface area contributed by atoms with Gasteiger partial charge in [0.25, 0.3) is 0 Å². The molecule has 1 heterocycles. The first-order valence-corrected chi connectivity index (χ1v) is 8.72. The predicted octanol–water partition coefficient (Wildman–Crippen LogP) is 4.06. The van der Waals surface area contributed by atoms with Gasteiger partial charge in [-0.2, -0.15) is 0 Å². The second-order valence-corrected chi connectivity index (χ2v) is 6.40. The number of likely N-dealkylation sites (tertiary alicyclic amines) is 1. The molecule has 0 amide bonds. The summed E-state index contributed by atoms with van der Waals surface area (Å²) in [4.78, 5) is 2.71. The summed E-state index contributed by atoms with van der Waals surface area (Å²) in [6.07, 6.45) is 11.1. The smallest absolute Gasteiger partial charge is 0.00387 e. The lowest BCUT2D eigenvalue weighted by atomic mass is 9.98. The van der Waals surface area contributed by atoms with E-state index in [1.165, 1.54) is 77.5 Å². The molecule has 1 fully saturated rings. The Kier molecular flexibility index (Phi) is 9.54. The minimum absolute atomic E-state index is 0.702. The van der Waals surface area contributed by atoms with Crippen LogP contribution in [0.5, 0.6) is 0 Å². The Balaban J connectivity index is 2.02. The van der Waals surface area contributed by atoms with Gasteiger partial charge in [0, 0.05) is 6.04 Å². The summed E-state index contributed by atoms with van der Waals surface area (Å²) in [6, 6.07) is 0.702. The van der Waals surface area contributed by atoms with Crippen LogP contribution in [0.4, 0.5) is 0 Å². The van der Waals surface area contributed by atoms with E-state index in [1.807, 2.05) is 0 Å². The van der Waals surface area contributed by atoms with E-state index in [0.29, 0.717) is 6.04 Å². The number of nitrogens with one attached hydrogen (secondary N) is 1. The average molecular weight is 268 g/mol. The lowest BCUT2D eigenvalue weighted by Crippen LogP contribution is -2.28. The molecule has 0 aromatic heterocycles. The van der Waals surface area contributed by atoms with Crippen LogP contribution in [0.3, 0.4) is 0 Å². The molecule has 2 atom stereocenters. The molecule has 1 N–H and O–H groups in total. The van der Waals surface area contributed by atoms with E-state index in [4.69, 9.17) is 0 Å². The molecule has 0 saturated carbocycles. The van der Waals surface area contributed by atoms with E-state index in [9.17, 15) is 0 Å². The molecule has 0 aliphatic carbocycles. The van der Waals surface area contributed by atoms with Gasteiger partial charge in [0.2, 0.25) is 0 Å². The highest BCUT2D eigenvalue weighted by Gasteiger charge is 2.15. The molecule has 2 heteroatoms. The lowest BCUT2D eigenvalue weighted by Gasteiger charge is -2.20. The Morgan fingerprint density at radius 2 is 2.00 bits per heavy atom. The molecule has 1 saturated heterocycles. The fourth-order valence-electron chi connectivity index (χ4n) is 3.14. The van der Waals surface area contributed by atoms with Gasteiger partial charge in [-0.25, -0.2) is 0 Å². The minimum atomic E-state index is 0.702. The zero-order chi connectivity index (χ0) is 13.9. The van der Waals surface area contributed by atoms with Crippen molar-refractivity contribution in [2.24, 2.45) is 5.92 Å². The van der Waals surface area contributed by atoms with Gasteiger partial charge >= 0.3 is 0 Å². The molecule has 1 aliphatic heterocycles. The summed E-state index contributed by atoms with van der Waals surface area (Å²) in [5.74, 6) is 1.00. The van der Waals surface area contributed by atoms with E-state index < -0.39 is 0 Å². The Hall–Kier alpha value is -0.0800. The molecule has 0 aromatic rings. The van der Waals surface area contributed by atoms with E-state index in [0.717, 1.165) is 5.92 Å². The summed E-state index contributed by atoms with van der Waals surface area (Å²) in [6.45, 7) is 12.1. The fourth-order valence-corrected chi connectivity index (χ4v) is 3.14. The Bertz CT molecular complexity index is 205. The number of hydrogen-bond acceptors (Lipinski definition) is 2. The van der Waals surface area contributed by atoms with Crippen molar-refractivity contribution in [3.8, 4) is 0 Å². The Morgan fingerprint density at radius 1 is 1.16 bits per heavy atom. The maximum atomic E-state index is 3.58. The van der Waals surface area contributed by atoms with Crippen molar-refractivity contribution < 1.29 is 0 Å². The second-order valence-electron chi connectivity index (χ2n) is 6.40. The third-order valence-electron chi connectivity index (χ3n) is 4.62. The Morgan fingerprint density at radius 3 is 2.74 bits per heavy atom. The van der Waals surface area contributed by atoms with Crippen LogP contribution >= 0.6 is 0 Å². The van der Waals surface area contributed by atoms with Gasteiger partial charge in [0.1, 0.15) is 0 Å². The fraction of sp³-hybridized carbons (Fsp3) is 1.00. The lowest BCUT2D eigenvalue weighted by molar-refractivity contribution is 0.271. The van der Waals surface area contributed by atoms with Crippen LogP contribution in [-0.2, 0) is 0 Å². The van der Waals surface area contributed by atoms with E-state index in [-0.39, 0.29) is 0 Å². The van der Waals surface area contributed by atoms with Crippen molar-refractivity contribution in [2.45, 2.75) is 78.2 Å². The van der Waals surface area contributed by atoms with Crippen LogP contribution in [0, 0.1) is 5.92 Å². The summed E-state index contributed by atoms with van der Waals surface area (Å²) < 4.78 is 0. The molecular weight excluding hydrogens is 232 g/mol. The van der Waals surface area contributed by atoms with Crippen molar-refractivity contribution in [3.63, 3.8) is 0 Å². The quantitative estimate of drug-likeness (QED) is 0.635. The van der Waals surface area contributed by atoms with Gasteiger partial charge in [-0.05, 0) is 77.5 Å². The molecule has 2 nitrogen and oxygen atoms in total. The summed E-state index contributed by atoms with van der Waals surface area (Å²) in [7, 11) is 0. The number of unbranched alkanes of at least 4 members (excludes halogenated alkanes) is 1. The zero-order valence-electron chi connectivity index (χ0n) is 13.6. The second kappa shape index (κ2) is 10.7. The normalized spacial score (nSPS) is 23.2. The maximum Gasteiger partial charge on any atom is 0.00387 e. The first-order chi connectivity index (χ1) is 9.26. The molecule has 0 spiro atoms. The van der Waals surface area contributed by atoms with Crippen molar-refractivity contribution in [3.05, 3.63) is 0 Å². The largest absolute Gasteiger partial charge is 0.314 e. The molecule has 0 bridgehead atoms. The van der Waals surface area contributed by atoms with Gasteiger partial charge < -0.3 is 10.2 Å². The third kappa shape index (κ3) is 7.94. The SMILES string of the molecule is CCCNC(C)CCCCN1CCCC(CC)CC1. The highest BCUT2D eigenvalue weighted by Crippen LogP contribution is 2.20. The van der Waals surface area contributed by atoms with Gasteiger partial charge in [0.15, 0.2) is 0 Å². The molecule has 2 unspecified atom stereocenters. The number of hydrogen-bond donors (Lipinski definition) is 1. The number of nitrogens with zero attached hydrogens (tertiary/aromatic N) is 1. The summed E-state index contributed by atoms with van der Waals surface area (Å²) in [5, 5.41) is 3.58. The molecular formula is C17H36N2. The Labute approximate surface area is 121 Å². The summed E-state index contributed by atoms with van der Waals surface area (Å²) in [5.41, 5.74) is 0. The van der Waals surface area contributed by atoms with Gasteiger partial charge in [-0.15, -0.1) is 0 Å². The molecule has 0 radical (unpaired) electrons. The van der Waals surface area contributed by atoms with Gasteiger partial charge in [0.05, 0.1) is 0 Å². The van der Waals surface area contributed by atoms with Crippen LogP contribution in [-0.4, -0.2) is 37.1 Å². The van der Waals surface area contributed by atoms with Crippen molar-refractivity contribution >= 4 is 0 Å². The number of rotatable bonds is 9. The highest BCUT2D eigenvalue weighted by atomic mass is 15.1. The first-order valence-electron chi connectivity index (χ1n) is 8.72. The van der Waals surface area contributed by atoms with Crippen LogP contribution in [0.25, 0.3) is 0 Å². The van der Waals surface area contributed by atoms with Crippen molar-refractivity contribution in [1.82, 2.24) is 10.2 Å². The van der Waals surface area contributed by atoms with Crippen LogP contribution in [0.2, 0.25) is 0 Å². The van der Waals surface area contributed by atoms with E-state index in [1.54, 1.807) is 0 Å². The van der Waals surface area contributed by atoms with Crippen LogP contribution in [0.1, 0.15) is 72.1 Å². The molecule has 114 valence electrons. The maximum absolute atomic E-state index is 3.58. The molecule has 1 aliphatic rings. The molecule has 0 aromatic carbocycles. The third-order valence-corrected chi connectivity index (χ3v) is 4.62. The van der Waals surface area contributed by atoms with Crippen LogP contribution in [0.15, 0.2) is 0 Å². The zero-order valence-corrected chi connectivity index (χ0v) is 13.6. The minimum Gasteiger partial charge on any atom is -0.314 e. The molecule has 19 heavy (non-hydrogen) atoms. The molecule has 1 rings (SSSR count). The van der Waals surface area contributed by atoms with Crippen LogP contribution < -0.4 is 5.32 Å². The highest BCUT2D eigenvalue weighted by molar-refractivity contribution is 4.69. The van der Waals surface area contributed by atoms with Gasteiger partial charge in [-0.1, -0.05) is 26.7 Å². The predicted molar refractivity (Wildman–Crippen MR) is 85.7 cm³/mol. The monoisotopic (exact) mass is 268 g/mol. The first kappa shape index (κ1) is 17.0. The van der Waals surface area contributed by atoms with Crippen molar-refractivity contribution in [1.29, 1.82) is 0 Å². The topological polar surface area (TPSA) is 15.3 Å². The van der Waals surface area contributed by atoms with Crippen molar-refractivity contribution in [2.75, 3.05) is 26.2 Å².